The highest BCUT2D eigenvalue weighted by atomic mass is 15.0. The van der Waals surface area contributed by atoms with Crippen LogP contribution in [0.5, 0.6) is 0 Å². The molecule has 0 aliphatic carbocycles. The van der Waals surface area contributed by atoms with Gasteiger partial charge in [0.2, 0.25) is 0 Å². The molecule has 0 saturated heterocycles. The molecule has 0 saturated carbocycles. The van der Waals surface area contributed by atoms with Gasteiger partial charge in [-0.25, -0.2) is 0 Å². The Morgan fingerprint density at radius 1 is 0.404 bits per heavy atom. The fourth-order valence-electron chi connectivity index (χ4n) is 7.86. The van der Waals surface area contributed by atoms with Crippen LogP contribution in [-0.2, 0) is 0 Å². The van der Waals surface area contributed by atoms with Crippen molar-refractivity contribution in [3.8, 4) is 16.8 Å². The molecule has 0 N–H and O–H groups in total. The summed E-state index contributed by atoms with van der Waals surface area (Å²) < 4.78 is 2.45. The Morgan fingerprint density at radius 3 is 1.47 bits per heavy atom. The second-order valence-electron chi connectivity index (χ2n) is 13.7. The Morgan fingerprint density at radius 2 is 0.894 bits per heavy atom. The van der Waals surface area contributed by atoms with Crippen LogP contribution in [0.15, 0.2) is 140 Å². The smallest absolute Gasteiger partial charge is 0.0541 e. The van der Waals surface area contributed by atoms with Gasteiger partial charge in [0.1, 0.15) is 0 Å². The monoisotopic (exact) mass is 603 g/mol. The van der Waals surface area contributed by atoms with E-state index in [0.717, 1.165) is 0 Å². The Balaban J connectivity index is 1.32. The minimum Gasteiger partial charge on any atom is -0.309 e. The van der Waals surface area contributed by atoms with Crippen LogP contribution in [0.25, 0.3) is 81.7 Å². The molecule has 226 valence electrons. The van der Waals surface area contributed by atoms with Crippen LogP contribution in [0.4, 0.5) is 0 Å². The van der Waals surface area contributed by atoms with Crippen LogP contribution < -0.4 is 0 Å². The van der Waals surface area contributed by atoms with E-state index in [0.29, 0.717) is 11.8 Å². The standard InChI is InChI=1S/C46H37N/c1-28(2)31-19-23-43-40(25-31)41-26-32(29(3)4)20-24-44(41)47(43)34-21-17-30(18-22-34)45-35-12-6-5-11-33(35)27-42-38-15-8-7-13-36(38)37-14-9-10-16-39(37)46(42)45/h5-29H,1-4H3. The number of fused-ring (bicyclic) bond motifs is 10. The number of benzene rings is 8. The molecular formula is C46H37N. The molecule has 1 aromatic heterocycles. The lowest BCUT2D eigenvalue weighted by Crippen LogP contribution is -1.95. The molecule has 1 heteroatoms. The van der Waals surface area contributed by atoms with E-state index >= 15 is 0 Å². The largest absolute Gasteiger partial charge is 0.309 e. The fraction of sp³-hybridized carbons (Fsp3) is 0.130. The lowest BCUT2D eigenvalue weighted by atomic mass is 9.86. The molecule has 0 amide bonds. The lowest BCUT2D eigenvalue weighted by Gasteiger charge is -2.18. The second-order valence-corrected chi connectivity index (χ2v) is 13.7. The Kier molecular flexibility index (Phi) is 6.27. The second kappa shape index (κ2) is 10.6. The Hall–Kier alpha value is -5.40. The summed E-state index contributed by atoms with van der Waals surface area (Å²) in [5, 5.41) is 13.1. The molecule has 47 heavy (non-hydrogen) atoms. The van der Waals surface area contributed by atoms with Gasteiger partial charge in [-0.3, -0.25) is 0 Å². The minimum atomic E-state index is 0.481. The van der Waals surface area contributed by atoms with E-state index in [-0.39, 0.29) is 0 Å². The molecular weight excluding hydrogens is 567 g/mol. The zero-order valence-corrected chi connectivity index (χ0v) is 27.4. The predicted molar refractivity (Wildman–Crippen MR) is 204 cm³/mol. The van der Waals surface area contributed by atoms with Gasteiger partial charge in [0.15, 0.2) is 0 Å². The van der Waals surface area contributed by atoms with E-state index in [9.17, 15) is 0 Å². The first-order valence-electron chi connectivity index (χ1n) is 16.9. The van der Waals surface area contributed by atoms with Crippen molar-refractivity contribution >= 4 is 64.9 Å². The molecule has 1 nitrogen and oxygen atoms in total. The molecule has 0 radical (unpaired) electrons. The quantitative estimate of drug-likeness (QED) is 0.139. The molecule has 0 aliphatic rings. The fourth-order valence-corrected chi connectivity index (χ4v) is 7.86. The van der Waals surface area contributed by atoms with Crippen molar-refractivity contribution in [2.24, 2.45) is 0 Å². The molecule has 8 aromatic carbocycles. The van der Waals surface area contributed by atoms with E-state index in [4.69, 9.17) is 0 Å². The third kappa shape index (κ3) is 4.23. The summed E-state index contributed by atoms with van der Waals surface area (Å²) in [5.74, 6) is 0.961. The van der Waals surface area contributed by atoms with E-state index in [1.54, 1.807) is 0 Å². The average Bonchev–Trinajstić information content (AvgIpc) is 3.44. The van der Waals surface area contributed by atoms with Crippen LogP contribution in [0.3, 0.4) is 0 Å². The van der Waals surface area contributed by atoms with Gasteiger partial charge in [0.25, 0.3) is 0 Å². The first-order chi connectivity index (χ1) is 23.0. The van der Waals surface area contributed by atoms with Gasteiger partial charge < -0.3 is 4.57 Å². The molecule has 1 heterocycles. The van der Waals surface area contributed by atoms with Crippen LogP contribution in [0.1, 0.15) is 50.7 Å². The van der Waals surface area contributed by atoms with Gasteiger partial charge in [-0.1, -0.05) is 125 Å². The van der Waals surface area contributed by atoms with Gasteiger partial charge in [-0.05, 0) is 120 Å². The zero-order chi connectivity index (χ0) is 31.8. The molecule has 0 unspecified atom stereocenters. The van der Waals surface area contributed by atoms with Crippen molar-refractivity contribution in [2.75, 3.05) is 0 Å². The molecule has 0 spiro atoms. The first kappa shape index (κ1) is 27.9. The number of rotatable bonds is 4. The van der Waals surface area contributed by atoms with Gasteiger partial charge in [-0.15, -0.1) is 0 Å². The highest BCUT2D eigenvalue weighted by Gasteiger charge is 2.18. The van der Waals surface area contributed by atoms with Crippen LogP contribution >= 0.6 is 0 Å². The normalized spacial score (nSPS) is 12.2. The van der Waals surface area contributed by atoms with Crippen LogP contribution in [0, 0.1) is 0 Å². The van der Waals surface area contributed by atoms with Gasteiger partial charge in [0.05, 0.1) is 11.0 Å². The summed E-state index contributed by atoms with van der Waals surface area (Å²) in [7, 11) is 0. The zero-order valence-electron chi connectivity index (χ0n) is 27.4. The van der Waals surface area contributed by atoms with E-state index in [1.165, 1.54) is 92.8 Å². The summed E-state index contributed by atoms with van der Waals surface area (Å²) in [4.78, 5) is 0. The number of nitrogens with zero attached hydrogens (tertiary/aromatic N) is 1. The number of aromatic nitrogens is 1. The molecule has 9 aromatic rings. The highest BCUT2D eigenvalue weighted by Crippen LogP contribution is 2.44. The van der Waals surface area contributed by atoms with Gasteiger partial charge >= 0.3 is 0 Å². The van der Waals surface area contributed by atoms with Crippen molar-refractivity contribution in [2.45, 2.75) is 39.5 Å². The van der Waals surface area contributed by atoms with Crippen molar-refractivity contribution in [3.05, 3.63) is 151 Å². The van der Waals surface area contributed by atoms with E-state index < -0.39 is 0 Å². The van der Waals surface area contributed by atoms with Crippen LogP contribution in [-0.4, -0.2) is 4.57 Å². The molecule has 0 bridgehead atoms. The van der Waals surface area contributed by atoms with Crippen molar-refractivity contribution < 1.29 is 0 Å². The van der Waals surface area contributed by atoms with E-state index in [1.807, 2.05) is 0 Å². The number of hydrogen-bond donors (Lipinski definition) is 0. The van der Waals surface area contributed by atoms with Crippen molar-refractivity contribution in [1.29, 1.82) is 0 Å². The van der Waals surface area contributed by atoms with Gasteiger partial charge in [-0.2, -0.15) is 0 Å². The summed E-state index contributed by atoms with van der Waals surface area (Å²) in [5.41, 5.74) is 8.99. The minimum absolute atomic E-state index is 0.481. The van der Waals surface area contributed by atoms with Crippen LogP contribution in [0.2, 0.25) is 0 Å². The Bertz CT molecular complexity index is 2600. The molecule has 0 fully saturated rings. The molecule has 9 rings (SSSR count). The van der Waals surface area contributed by atoms with Crippen molar-refractivity contribution in [1.82, 2.24) is 4.57 Å². The molecule has 0 atom stereocenters. The first-order valence-corrected chi connectivity index (χ1v) is 16.9. The van der Waals surface area contributed by atoms with Gasteiger partial charge in [0, 0.05) is 16.5 Å². The maximum Gasteiger partial charge on any atom is 0.0541 e. The topological polar surface area (TPSA) is 4.93 Å². The molecule has 0 aliphatic heterocycles. The maximum absolute atomic E-state index is 2.45. The summed E-state index contributed by atoms with van der Waals surface area (Å²) >= 11 is 0. The highest BCUT2D eigenvalue weighted by molar-refractivity contribution is 6.32. The average molecular weight is 604 g/mol. The third-order valence-corrected chi connectivity index (χ3v) is 10.3. The van der Waals surface area contributed by atoms with E-state index in [2.05, 4.69) is 172 Å². The maximum atomic E-state index is 2.45. The summed E-state index contributed by atoms with van der Waals surface area (Å²) in [6.45, 7) is 9.12. The lowest BCUT2D eigenvalue weighted by molar-refractivity contribution is 0.868. The summed E-state index contributed by atoms with van der Waals surface area (Å²) in [6, 6.07) is 52.4. The Labute approximate surface area is 275 Å². The summed E-state index contributed by atoms with van der Waals surface area (Å²) in [6.07, 6.45) is 0. The van der Waals surface area contributed by atoms with Crippen molar-refractivity contribution in [3.63, 3.8) is 0 Å². The number of hydrogen-bond acceptors (Lipinski definition) is 0. The SMILES string of the molecule is CC(C)c1ccc2c(c1)c1cc(C(C)C)ccc1n2-c1ccc(-c2c3ccccc3cc3c4ccccc4c4ccccc4c23)cc1. The third-order valence-electron chi connectivity index (χ3n) is 10.3. The predicted octanol–water partition coefficient (Wildman–Crippen LogP) is 13.3.